The smallest absolute Gasteiger partial charge is 0.322 e. The number of methoxy groups -OCH3 is 1. The van der Waals surface area contributed by atoms with E-state index in [1.54, 1.807) is 18.2 Å². The maximum absolute atomic E-state index is 12.4. The zero-order valence-corrected chi connectivity index (χ0v) is 11.2. The average molecular weight is 285 g/mol. The molecule has 2 rings (SSSR count). The van der Waals surface area contributed by atoms with Gasteiger partial charge in [0.05, 0.1) is 11.0 Å². The lowest BCUT2D eigenvalue weighted by Crippen LogP contribution is -2.40. The Hall–Kier alpha value is -1.44. The fraction of sp³-hybridized carbons (Fsp3) is 0.417. The molecule has 1 aromatic carbocycles. The van der Waals surface area contributed by atoms with Gasteiger partial charge in [0.25, 0.3) is 0 Å². The van der Waals surface area contributed by atoms with Gasteiger partial charge in [0.1, 0.15) is 6.04 Å². The number of sulfonamides is 1. The molecule has 1 aromatic rings. The number of nitrogens with zero attached hydrogens (tertiary/aromatic N) is 1. The fourth-order valence-electron chi connectivity index (χ4n) is 2.16. The number of benzene rings is 1. The number of ether oxygens (including phenoxy) is 1. The molecule has 0 spiro atoms. The van der Waals surface area contributed by atoms with Gasteiger partial charge in [0.15, 0.2) is 0 Å². The molecule has 2 atom stereocenters. The van der Waals surface area contributed by atoms with Gasteiger partial charge in [-0.25, -0.2) is 8.42 Å². The fourth-order valence-corrected chi connectivity index (χ4v) is 3.80. The highest BCUT2D eigenvalue weighted by Crippen LogP contribution is 2.27. The first-order chi connectivity index (χ1) is 8.96. The van der Waals surface area contributed by atoms with Gasteiger partial charge < -0.3 is 9.84 Å². The quantitative estimate of drug-likeness (QED) is 0.873. The number of aliphatic carboxylic acids is 1. The lowest BCUT2D eigenvalue weighted by molar-refractivity contribution is -0.140. The minimum Gasteiger partial charge on any atom is -0.480 e. The number of rotatable bonds is 4. The van der Waals surface area contributed by atoms with Crippen molar-refractivity contribution < 1.29 is 23.1 Å². The number of hydrogen-bond donors (Lipinski definition) is 1. The van der Waals surface area contributed by atoms with Crippen LogP contribution in [0.15, 0.2) is 35.2 Å². The predicted octanol–water partition coefficient (Wildman–Crippen LogP) is 0.549. The molecule has 0 aromatic heterocycles. The summed E-state index contributed by atoms with van der Waals surface area (Å²) in [5.41, 5.74) is 0. The normalized spacial score (nSPS) is 24.5. The minimum absolute atomic E-state index is 0.0602. The summed E-state index contributed by atoms with van der Waals surface area (Å²) < 4.78 is 30.9. The monoisotopic (exact) mass is 285 g/mol. The molecule has 19 heavy (non-hydrogen) atoms. The zero-order valence-electron chi connectivity index (χ0n) is 10.4. The molecular weight excluding hydrogens is 270 g/mol. The van der Waals surface area contributed by atoms with E-state index in [2.05, 4.69) is 0 Å². The van der Waals surface area contributed by atoms with Crippen molar-refractivity contribution in [2.45, 2.75) is 23.5 Å². The Morgan fingerprint density at radius 1 is 1.37 bits per heavy atom. The second-order valence-electron chi connectivity index (χ2n) is 4.34. The predicted molar refractivity (Wildman–Crippen MR) is 67.2 cm³/mol. The molecule has 6 nitrogen and oxygen atoms in total. The summed E-state index contributed by atoms with van der Waals surface area (Å²) in [5, 5.41) is 9.15. The van der Waals surface area contributed by atoms with Crippen LogP contribution in [0.1, 0.15) is 6.42 Å². The molecule has 0 bridgehead atoms. The highest BCUT2D eigenvalue weighted by molar-refractivity contribution is 7.89. The summed E-state index contributed by atoms with van der Waals surface area (Å²) >= 11 is 0. The van der Waals surface area contributed by atoms with Crippen molar-refractivity contribution in [2.75, 3.05) is 13.7 Å². The van der Waals surface area contributed by atoms with E-state index in [1.807, 2.05) is 0 Å². The Morgan fingerprint density at radius 3 is 2.53 bits per heavy atom. The molecule has 1 aliphatic heterocycles. The standard InChI is InChI=1S/C12H15NO5S/c1-18-9-7-11(12(14)15)13(8-9)19(16,17)10-5-3-2-4-6-10/h2-6,9,11H,7-8H2,1H3,(H,14,15)/t9-,11+/m1/s1. The largest absolute Gasteiger partial charge is 0.480 e. The van der Waals surface area contributed by atoms with Gasteiger partial charge in [-0.3, -0.25) is 4.79 Å². The van der Waals surface area contributed by atoms with Crippen molar-refractivity contribution in [1.29, 1.82) is 0 Å². The van der Waals surface area contributed by atoms with Crippen LogP contribution in [-0.2, 0) is 19.6 Å². The van der Waals surface area contributed by atoms with Crippen molar-refractivity contribution in [1.82, 2.24) is 4.31 Å². The van der Waals surface area contributed by atoms with Gasteiger partial charge >= 0.3 is 5.97 Å². The number of carboxylic acid groups (broad SMARTS) is 1. The summed E-state index contributed by atoms with van der Waals surface area (Å²) in [6.07, 6.45) is -0.225. The van der Waals surface area contributed by atoms with Crippen LogP contribution in [0.4, 0.5) is 0 Å². The molecule has 1 N–H and O–H groups in total. The van der Waals surface area contributed by atoms with Gasteiger partial charge in [0.2, 0.25) is 10.0 Å². The van der Waals surface area contributed by atoms with Crippen molar-refractivity contribution in [3.05, 3.63) is 30.3 Å². The summed E-state index contributed by atoms with van der Waals surface area (Å²) in [4.78, 5) is 11.3. The van der Waals surface area contributed by atoms with Crippen LogP contribution >= 0.6 is 0 Å². The SMILES string of the molecule is CO[C@@H]1C[C@@H](C(=O)O)N(S(=O)(=O)c2ccccc2)C1. The Labute approximate surface area is 111 Å². The molecule has 0 saturated carbocycles. The maximum atomic E-state index is 12.4. The van der Waals surface area contributed by atoms with Gasteiger partial charge in [-0.05, 0) is 12.1 Å². The highest BCUT2D eigenvalue weighted by atomic mass is 32.2. The van der Waals surface area contributed by atoms with E-state index in [0.717, 1.165) is 4.31 Å². The first kappa shape index (κ1) is 14.0. The van der Waals surface area contributed by atoms with Gasteiger partial charge in [-0.15, -0.1) is 0 Å². The summed E-state index contributed by atoms with van der Waals surface area (Å²) in [6, 6.07) is 6.74. The first-order valence-corrected chi connectivity index (χ1v) is 7.23. The van der Waals surface area contributed by atoms with E-state index in [-0.39, 0.29) is 24.0 Å². The van der Waals surface area contributed by atoms with Crippen LogP contribution < -0.4 is 0 Å². The molecule has 1 heterocycles. The maximum Gasteiger partial charge on any atom is 0.322 e. The van der Waals surface area contributed by atoms with Crippen molar-refractivity contribution in [3.63, 3.8) is 0 Å². The Balaban J connectivity index is 2.36. The Bertz CT molecular complexity index is 557. The van der Waals surface area contributed by atoms with Crippen LogP contribution in [-0.4, -0.2) is 49.6 Å². The first-order valence-electron chi connectivity index (χ1n) is 5.79. The second kappa shape index (κ2) is 5.28. The number of carbonyl (C=O) groups is 1. The van der Waals surface area contributed by atoms with Crippen LogP contribution in [0.2, 0.25) is 0 Å². The van der Waals surface area contributed by atoms with Crippen LogP contribution in [0.25, 0.3) is 0 Å². The van der Waals surface area contributed by atoms with Crippen LogP contribution in [0.3, 0.4) is 0 Å². The topological polar surface area (TPSA) is 83.9 Å². The molecule has 1 fully saturated rings. The highest BCUT2D eigenvalue weighted by Gasteiger charge is 2.44. The third-order valence-corrected chi connectivity index (χ3v) is 5.07. The summed E-state index contributed by atoms with van der Waals surface area (Å²) in [7, 11) is -2.36. The van der Waals surface area contributed by atoms with E-state index < -0.39 is 22.0 Å². The Morgan fingerprint density at radius 2 is 2.00 bits per heavy atom. The summed E-state index contributed by atoms with van der Waals surface area (Å²) in [5.74, 6) is -1.15. The lowest BCUT2D eigenvalue weighted by Gasteiger charge is -2.20. The van der Waals surface area contributed by atoms with Gasteiger partial charge in [-0.2, -0.15) is 4.31 Å². The molecule has 0 amide bonds. The molecule has 7 heteroatoms. The second-order valence-corrected chi connectivity index (χ2v) is 6.23. The molecule has 1 saturated heterocycles. The molecule has 0 aliphatic carbocycles. The molecule has 0 unspecified atom stereocenters. The molecule has 1 aliphatic rings. The van der Waals surface area contributed by atoms with Crippen LogP contribution in [0, 0.1) is 0 Å². The van der Waals surface area contributed by atoms with E-state index in [0.29, 0.717) is 0 Å². The average Bonchev–Trinajstić information content (AvgIpc) is 2.85. The third-order valence-electron chi connectivity index (χ3n) is 3.19. The lowest BCUT2D eigenvalue weighted by atomic mass is 10.2. The zero-order chi connectivity index (χ0) is 14.0. The third kappa shape index (κ3) is 2.63. The summed E-state index contributed by atoms with van der Waals surface area (Å²) in [6.45, 7) is 0.0602. The van der Waals surface area contributed by atoms with Crippen molar-refractivity contribution in [2.24, 2.45) is 0 Å². The molecular formula is C12H15NO5S. The van der Waals surface area contributed by atoms with E-state index in [1.165, 1.54) is 19.2 Å². The van der Waals surface area contributed by atoms with Crippen molar-refractivity contribution in [3.8, 4) is 0 Å². The van der Waals surface area contributed by atoms with E-state index in [9.17, 15) is 13.2 Å². The minimum atomic E-state index is -3.80. The molecule has 104 valence electrons. The van der Waals surface area contributed by atoms with Gasteiger partial charge in [-0.1, -0.05) is 18.2 Å². The van der Waals surface area contributed by atoms with Gasteiger partial charge in [0, 0.05) is 20.1 Å². The van der Waals surface area contributed by atoms with Crippen molar-refractivity contribution >= 4 is 16.0 Å². The molecule has 0 radical (unpaired) electrons. The number of carboxylic acids is 1. The van der Waals surface area contributed by atoms with Crippen LogP contribution in [0.5, 0.6) is 0 Å². The van der Waals surface area contributed by atoms with E-state index >= 15 is 0 Å². The Kier molecular flexibility index (Phi) is 3.88. The van der Waals surface area contributed by atoms with E-state index in [4.69, 9.17) is 9.84 Å². The number of hydrogen-bond acceptors (Lipinski definition) is 4.